The second-order valence-electron chi connectivity index (χ2n) is 8.70. The standard InChI is InChI=1S/C31H24N4O2S/c1-2-37-31(36)29-27(32)26-23(18-25(33-30(26)38-29)20-12-6-3-7-13-20)24-19-35(22-16-10-5-11-17-22)34-28(24)21-14-8-4-9-15-21/h3-19H,2,32H2,1H3. The third kappa shape index (κ3) is 4.23. The van der Waals surface area contributed by atoms with Crippen molar-refractivity contribution in [1.82, 2.24) is 14.8 Å². The van der Waals surface area contributed by atoms with E-state index in [1.165, 1.54) is 11.3 Å². The van der Waals surface area contributed by atoms with Gasteiger partial charge in [0.1, 0.15) is 15.4 Å². The summed E-state index contributed by atoms with van der Waals surface area (Å²) in [7, 11) is 0. The molecule has 6 rings (SSSR count). The first-order valence-corrected chi connectivity index (χ1v) is 13.1. The fourth-order valence-electron chi connectivity index (χ4n) is 4.53. The van der Waals surface area contributed by atoms with Gasteiger partial charge >= 0.3 is 5.97 Å². The van der Waals surface area contributed by atoms with Crippen LogP contribution in [0.3, 0.4) is 0 Å². The zero-order valence-corrected chi connectivity index (χ0v) is 21.5. The molecule has 0 unspecified atom stereocenters. The van der Waals surface area contributed by atoms with Gasteiger partial charge in [-0.1, -0.05) is 78.9 Å². The zero-order chi connectivity index (χ0) is 26.1. The predicted molar refractivity (Wildman–Crippen MR) is 153 cm³/mol. The SMILES string of the molecule is CCOC(=O)c1sc2nc(-c3ccccc3)cc(-c3cn(-c4ccccc4)nc3-c3ccccc3)c2c1N. The lowest BCUT2D eigenvalue weighted by Gasteiger charge is -2.09. The number of esters is 1. The highest BCUT2D eigenvalue weighted by molar-refractivity contribution is 7.21. The minimum absolute atomic E-state index is 0.268. The first kappa shape index (κ1) is 23.6. The molecular weight excluding hydrogens is 492 g/mol. The van der Waals surface area contributed by atoms with Crippen LogP contribution in [0.2, 0.25) is 0 Å². The molecule has 186 valence electrons. The number of carbonyl (C=O) groups excluding carboxylic acids is 1. The molecule has 3 aromatic heterocycles. The van der Waals surface area contributed by atoms with Crippen LogP contribution in [0.25, 0.3) is 49.5 Å². The number of hydrogen-bond acceptors (Lipinski definition) is 6. The number of aromatic nitrogens is 3. The Kier molecular flexibility index (Phi) is 6.19. The van der Waals surface area contributed by atoms with Gasteiger partial charge in [0.15, 0.2) is 0 Å². The first-order chi connectivity index (χ1) is 18.6. The Labute approximate surface area is 224 Å². The van der Waals surface area contributed by atoms with Crippen LogP contribution in [0.5, 0.6) is 0 Å². The summed E-state index contributed by atoms with van der Waals surface area (Å²) in [5.41, 5.74) is 13.3. The maximum Gasteiger partial charge on any atom is 0.350 e. The Bertz CT molecular complexity index is 1740. The molecule has 0 bridgehead atoms. The molecule has 0 aliphatic heterocycles. The Morgan fingerprint density at radius 2 is 1.53 bits per heavy atom. The van der Waals surface area contributed by atoms with Crippen LogP contribution >= 0.6 is 11.3 Å². The van der Waals surface area contributed by atoms with E-state index in [0.717, 1.165) is 44.7 Å². The van der Waals surface area contributed by atoms with Crippen LogP contribution in [-0.2, 0) is 4.74 Å². The summed E-state index contributed by atoms with van der Waals surface area (Å²) in [4.78, 5) is 18.7. The van der Waals surface area contributed by atoms with E-state index in [1.807, 2.05) is 108 Å². The highest BCUT2D eigenvalue weighted by Crippen LogP contribution is 2.44. The summed E-state index contributed by atoms with van der Waals surface area (Å²) in [6.07, 6.45) is 2.02. The molecule has 0 spiro atoms. The van der Waals surface area contributed by atoms with E-state index >= 15 is 0 Å². The number of pyridine rings is 1. The maximum absolute atomic E-state index is 12.8. The zero-order valence-electron chi connectivity index (χ0n) is 20.7. The van der Waals surface area contributed by atoms with Crippen molar-refractivity contribution >= 4 is 33.2 Å². The van der Waals surface area contributed by atoms with E-state index in [9.17, 15) is 4.79 Å². The highest BCUT2D eigenvalue weighted by Gasteiger charge is 2.25. The number of nitrogen functional groups attached to an aromatic ring is 1. The molecular formula is C31H24N4O2S. The lowest BCUT2D eigenvalue weighted by atomic mass is 9.97. The van der Waals surface area contributed by atoms with E-state index in [4.69, 9.17) is 20.6 Å². The molecule has 0 atom stereocenters. The minimum Gasteiger partial charge on any atom is -0.462 e. The molecule has 38 heavy (non-hydrogen) atoms. The van der Waals surface area contributed by atoms with Crippen molar-refractivity contribution < 1.29 is 9.53 Å². The average molecular weight is 517 g/mol. The summed E-state index contributed by atoms with van der Waals surface area (Å²) < 4.78 is 7.18. The van der Waals surface area contributed by atoms with Crippen LogP contribution in [0.4, 0.5) is 5.69 Å². The normalized spacial score (nSPS) is 11.1. The lowest BCUT2D eigenvalue weighted by Crippen LogP contribution is -2.04. The third-order valence-corrected chi connectivity index (χ3v) is 7.38. The number of fused-ring (bicyclic) bond motifs is 1. The van der Waals surface area contributed by atoms with Crippen LogP contribution in [-0.4, -0.2) is 27.3 Å². The second kappa shape index (κ2) is 9.95. The summed E-state index contributed by atoms with van der Waals surface area (Å²) in [5, 5.41) is 5.73. The second-order valence-corrected chi connectivity index (χ2v) is 9.70. The van der Waals surface area contributed by atoms with Crippen molar-refractivity contribution in [3.8, 4) is 39.3 Å². The van der Waals surface area contributed by atoms with Crippen molar-refractivity contribution in [2.45, 2.75) is 6.92 Å². The van der Waals surface area contributed by atoms with Gasteiger partial charge in [-0.05, 0) is 30.7 Å². The van der Waals surface area contributed by atoms with Crippen LogP contribution in [0.15, 0.2) is 103 Å². The third-order valence-electron chi connectivity index (χ3n) is 6.30. The molecule has 0 saturated carbocycles. The maximum atomic E-state index is 12.8. The Hall–Kier alpha value is -4.75. The predicted octanol–water partition coefficient (Wildman–Crippen LogP) is 7.24. The van der Waals surface area contributed by atoms with Crippen LogP contribution < -0.4 is 5.73 Å². The van der Waals surface area contributed by atoms with Crippen molar-refractivity contribution in [3.63, 3.8) is 0 Å². The molecule has 0 aliphatic rings. The topological polar surface area (TPSA) is 83.0 Å². The van der Waals surface area contributed by atoms with Gasteiger partial charge in [-0.2, -0.15) is 5.10 Å². The fraction of sp³-hybridized carbons (Fsp3) is 0.0645. The highest BCUT2D eigenvalue weighted by atomic mass is 32.1. The fourth-order valence-corrected chi connectivity index (χ4v) is 5.55. The number of hydrogen-bond donors (Lipinski definition) is 1. The number of rotatable bonds is 6. The molecule has 0 aliphatic carbocycles. The Morgan fingerprint density at radius 3 is 2.18 bits per heavy atom. The first-order valence-electron chi connectivity index (χ1n) is 12.3. The number of nitrogens with zero attached hydrogens (tertiary/aromatic N) is 3. The molecule has 3 heterocycles. The van der Waals surface area contributed by atoms with Crippen molar-refractivity contribution in [1.29, 1.82) is 0 Å². The Morgan fingerprint density at radius 1 is 0.895 bits per heavy atom. The number of anilines is 1. The summed E-state index contributed by atoms with van der Waals surface area (Å²) in [5.74, 6) is -0.441. The smallest absolute Gasteiger partial charge is 0.350 e. The summed E-state index contributed by atoms with van der Waals surface area (Å²) >= 11 is 1.26. The van der Waals surface area contributed by atoms with E-state index in [2.05, 4.69) is 0 Å². The summed E-state index contributed by atoms with van der Waals surface area (Å²) in [6.45, 7) is 2.05. The molecule has 6 nitrogen and oxygen atoms in total. The van der Waals surface area contributed by atoms with Crippen LogP contribution in [0.1, 0.15) is 16.6 Å². The van der Waals surface area contributed by atoms with Gasteiger partial charge in [0.05, 0.1) is 23.7 Å². The molecule has 3 aromatic carbocycles. The summed E-state index contributed by atoms with van der Waals surface area (Å²) in [6, 6.07) is 32.1. The molecule has 0 radical (unpaired) electrons. The number of nitrogens with two attached hydrogens (primary N) is 1. The van der Waals surface area contributed by atoms with Gasteiger partial charge < -0.3 is 10.5 Å². The quantitative estimate of drug-likeness (QED) is 0.236. The monoisotopic (exact) mass is 516 g/mol. The van der Waals surface area contributed by atoms with E-state index < -0.39 is 5.97 Å². The van der Waals surface area contributed by atoms with Gasteiger partial charge in [-0.15, -0.1) is 11.3 Å². The van der Waals surface area contributed by atoms with Crippen molar-refractivity contribution in [2.24, 2.45) is 0 Å². The van der Waals surface area contributed by atoms with Gasteiger partial charge in [-0.3, -0.25) is 0 Å². The van der Waals surface area contributed by atoms with E-state index in [-0.39, 0.29) is 6.61 Å². The molecule has 6 aromatic rings. The number of thiophene rings is 1. The van der Waals surface area contributed by atoms with Gasteiger partial charge in [0.2, 0.25) is 0 Å². The number of carbonyl (C=O) groups is 1. The van der Waals surface area contributed by atoms with E-state index in [1.54, 1.807) is 6.92 Å². The lowest BCUT2D eigenvalue weighted by molar-refractivity contribution is 0.0533. The largest absolute Gasteiger partial charge is 0.462 e. The van der Waals surface area contributed by atoms with Crippen molar-refractivity contribution in [3.05, 3.63) is 108 Å². The average Bonchev–Trinajstić information content (AvgIpc) is 3.56. The number of ether oxygens (including phenoxy) is 1. The molecule has 2 N–H and O–H groups in total. The molecule has 7 heteroatoms. The minimum atomic E-state index is -0.441. The van der Waals surface area contributed by atoms with Crippen molar-refractivity contribution in [2.75, 3.05) is 12.3 Å². The number of benzene rings is 3. The molecule has 0 amide bonds. The molecule has 0 saturated heterocycles. The van der Waals surface area contributed by atoms with E-state index in [0.29, 0.717) is 15.4 Å². The number of para-hydroxylation sites is 1. The van der Waals surface area contributed by atoms with Crippen LogP contribution in [0, 0.1) is 0 Å². The van der Waals surface area contributed by atoms with Gasteiger partial charge in [0, 0.05) is 28.3 Å². The Balaban J connectivity index is 1.67. The molecule has 0 fully saturated rings. The van der Waals surface area contributed by atoms with Gasteiger partial charge in [0.25, 0.3) is 0 Å². The van der Waals surface area contributed by atoms with Gasteiger partial charge in [-0.25, -0.2) is 14.5 Å².